The second kappa shape index (κ2) is 7.88. The standard InChI is InChI=1S/C19H26Br2N2O/c1-3-22(4-2)17-10-13(20)11-18(17)23(14-8-6-5-7-9-14)19(24)15-12-16(15)21/h5-9,13,15-18H,3-4,10-12H2,1-2H3. The molecule has 0 spiro atoms. The number of nitrogens with zero attached hydrogens (tertiary/aromatic N) is 2. The van der Waals surface area contributed by atoms with Gasteiger partial charge in [-0.25, -0.2) is 0 Å². The first-order chi connectivity index (χ1) is 11.6. The van der Waals surface area contributed by atoms with Gasteiger partial charge in [-0.05, 0) is 44.5 Å². The van der Waals surface area contributed by atoms with Gasteiger partial charge in [-0.3, -0.25) is 9.69 Å². The molecule has 0 bridgehead atoms. The molecule has 5 unspecified atom stereocenters. The fourth-order valence-electron chi connectivity index (χ4n) is 3.97. The fraction of sp³-hybridized carbons (Fsp3) is 0.632. The van der Waals surface area contributed by atoms with Crippen molar-refractivity contribution in [1.82, 2.24) is 4.90 Å². The molecule has 3 nitrogen and oxygen atoms in total. The second-order valence-corrected chi connectivity index (χ2v) is 9.30. The van der Waals surface area contributed by atoms with Crippen LogP contribution in [-0.2, 0) is 4.79 Å². The molecule has 2 fully saturated rings. The molecule has 2 aliphatic rings. The van der Waals surface area contributed by atoms with Crippen LogP contribution in [-0.4, -0.2) is 45.6 Å². The number of carbonyl (C=O) groups excluding carboxylic acids is 1. The number of hydrogen-bond acceptors (Lipinski definition) is 2. The second-order valence-electron chi connectivity index (χ2n) is 6.83. The average Bonchev–Trinajstić information content (AvgIpc) is 3.21. The van der Waals surface area contributed by atoms with Crippen LogP contribution in [0.15, 0.2) is 30.3 Å². The third kappa shape index (κ3) is 3.73. The number of para-hydroxylation sites is 1. The number of amides is 1. The first-order valence-corrected chi connectivity index (χ1v) is 10.8. The van der Waals surface area contributed by atoms with Gasteiger partial charge >= 0.3 is 0 Å². The van der Waals surface area contributed by atoms with E-state index >= 15 is 0 Å². The minimum atomic E-state index is 0.136. The molecule has 1 aromatic rings. The normalized spacial score (nSPS) is 32.1. The Morgan fingerprint density at radius 3 is 2.17 bits per heavy atom. The molecule has 0 N–H and O–H groups in total. The molecule has 24 heavy (non-hydrogen) atoms. The number of hydrogen-bond donors (Lipinski definition) is 0. The van der Waals surface area contributed by atoms with Crippen molar-refractivity contribution in [1.29, 1.82) is 0 Å². The molecular formula is C19H26Br2N2O. The molecule has 1 aromatic carbocycles. The number of benzene rings is 1. The zero-order valence-electron chi connectivity index (χ0n) is 14.4. The van der Waals surface area contributed by atoms with Gasteiger partial charge in [-0.1, -0.05) is 63.9 Å². The molecule has 0 aromatic heterocycles. The lowest BCUT2D eigenvalue weighted by molar-refractivity contribution is -0.120. The summed E-state index contributed by atoms with van der Waals surface area (Å²) >= 11 is 7.44. The van der Waals surface area contributed by atoms with Gasteiger partial charge in [0.15, 0.2) is 0 Å². The Morgan fingerprint density at radius 1 is 1.04 bits per heavy atom. The van der Waals surface area contributed by atoms with Crippen LogP contribution < -0.4 is 4.90 Å². The van der Waals surface area contributed by atoms with Crippen LogP contribution in [0, 0.1) is 5.92 Å². The van der Waals surface area contributed by atoms with Crippen LogP contribution in [0.2, 0.25) is 0 Å². The molecule has 3 rings (SSSR count). The third-order valence-corrected chi connectivity index (χ3v) is 7.11. The molecule has 5 heteroatoms. The molecule has 1 amide bonds. The zero-order valence-corrected chi connectivity index (χ0v) is 17.5. The molecule has 0 aliphatic heterocycles. The van der Waals surface area contributed by atoms with E-state index in [4.69, 9.17) is 0 Å². The van der Waals surface area contributed by atoms with Crippen molar-refractivity contribution in [3.8, 4) is 0 Å². The van der Waals surface area contributed by atoms with Crippen LogP contribution in [0.5, 0.6) is 0 Å². The van der Waals surface area contributed by atoms with E-state index < -0.39 is 0 Å². The molecule has 5 atom stereocenters. The van der Waals surface area contributed by atoms with E-state index in [9.17, 15) is 4.79 Å². The van der Waals surface area contributed by atoms with Crippen molar-refractivity contribution < 1.29 is 4.79 Å². The molecule has 2 aliphatic carbocycles. The van der Waals surface area contributed by atoms with Gasteiger partial charge in [0.05, 0.1) is 12.0 Å². The van der Waals surface area contributed by atoms with Gasteiger partial charge in [0.25, 0.3) is 0 Å². The van der Waals surface area contributed by atoms with Crippen molar-refractivity contribution >= 4 is 43.5 Å². The highest BCUT2D eigenvalue weighted by molar-refractivity contribution is 9.09. The molecule has 0 radical (unpaired) electrons. The Labute approximate surface area is 162 Å². The maximum Gasteiger partial charge on any atom is 0.231 e. The van der Waals surface area contributed by atoms with E-state index in [2.05, 4.69) is 67.6 Å². The molecule has 0 heterocycles. The minimum absolute atomic E-state index is 0.136. The summed E-state index contributed by atoms with van der Waals surface area (Å²) in [7, 11) is 0. The van der Waals surface area contributed by atoms with E-state index in [0.29, 0.717) is 15.7 Å². The summed E-state index contributed by atoms with van der Waals surface area (Å²) in [6, 6.07) is 10.9. The maximum absolute atomic E-state index is 13.2. The third-order valence-electron chi connectivity index (χ3n) is 5.35. The van der Waals surface area contributed by atoms with Crippen molar-refractivity contribution in [2.24, 2.45) is 5.92 Å². The Kier molecular flexibility index (Phi) is 6.04. The van der Waals surface area contributed by atoms with Crippen LogP contribution >= 0.6 is 31.9 Å². The van der Waals surface area contributed by atoms with Crippen molar-refractivity contribution in [2.45, 2.75) is 54.8 Å². The molecule has 2 saturated carbocycles. The summed E-state index contributed by atoms with van der Waals surface area (Å²) in [4.78, 5) is 18.7. The SMILES string of the molecule is CCN(CC)C1CC(Br)CC1N(C(=O)C1CC1Br)c1ccccc1. The summed E-state index contributed by atoms with van der Waals surface area (Å²) in [5.41, 5.74) is 1.04. The smallest absolute Gasteiger partial charge is 0.231 e. The predicted molar refractivity (Wildman–Crippen MR) is 107 cm³/mol. The fourth-order valence-corrected chi connectivity index (χ4v) is 5.36. The van der Waals surface area contributed by atoms with Gasteiger partial charge in [0.1, 0.15) is 0 Å². The number of rotatable bonds is 6. The van der Waals surface area contributed by atoms with E-state index in [0.717, 1.165) is 38.0 Å². The van der Waals surface area contributed by atoms with E-state index in [1.807, 2.05) is 18.2 Å². The summed E-state index contributed by atoms with van der Waals surface area (Å²) in [6.45, 7) is 6.48. The zero-order chi connectivity index (χ0) is 17.3. The van der Waals surface area contributed by atoms with Crippen LogP contribution in [0.3, 0.4) is 0 Å². The lowest BCUT2D eigenvalue weighted by atomic mass is 10.1. The summed E-state index contributed by atoms with van der Waals surface area (Å²) < 4.78 is 0. The summed E-state index contributed by atoms with van der Waals surface area (Å²) in [5, 5.41) is 0. The predicted octanol–water partition coefficient (Wildman–Crippen LogP) is 4.44. The van der Waals surface area contributed by atoms with Crippen molar-refractivity contribution in [3.63, 3.8) is 0 Å². The first-order valence-electron chi connectivity index (χ1n) is 8.97. The van der Waals surface area contributed by atoms with Gasteiger partial charge in [-0.15, -0.1) is 0 Å². The topological polar surface area (TPSA) is 23.6 Å². The van der Waals surface area contributed by atoms with E-state index in [-0.39, 0.29) is 17.9 Å². The lowest BCUT2D eigenvalue weighted by Gasteiger charge is -2.38. The lowest BCUT2D eigenvalue weighted by Crippen LogP contribution is -2.52. The summed E-state index contributed by atoms with van der Waals surface area (Å²) in [5.74, 6) is 0.420. The van der Waals surface area contributed by atoms with Gasteiger partial charge in [0, 0.05) is 21.4 Å². The monoisotopic (exact) mass is 456 g/mol. The van der Waals surface area contributed by atoms with Crippen molar-refractivity contribution in [3.05, 3.63) is 30.3 Å². The number of anilines is 1. The molecule has 132 valence electrons. The van der Waals surface area contributed by atoms with E-state index in [1.165, 1.54) is 0 Å². The highest BCUT2D eigenvalue weighted by Gasteiger charge is 2.48. The van der Waals surface area contributed by atoms with Crippen LogP contribution in [0.1, 0.15) is 33.1 Å². The molecule has 0 saturated heterocycles. The van der Waals surface area contributed by atoms with Gasteiger partial charge < -0.3 is 4.90 Å². The largest absolute Gasteiger partial charge is 0.307 e. The van der Waals surface area contributed by atoms with Gasteiger partial charge in [-0.2, -0.15) is 0 Å². The van der Waals surface area contributed by atoms with Crippen LogP contribution in [0.25, 0.3) is 0 Å². The Balaban J connectivity index is 1.93. The van der Waals surface area contributed by atoms with Crippen molar-refractivity contribution in [2.75, 3.05) is 18.0 Å². The highest BCUT2D eigenvalue weighted by atomic mass is 79.9. The maximum atomic E-state index is 13.2. The average molecular weight is 458 g/mol. The highest BCUT2D eigenvalue weighted by Crippen LogP contribution is 2.43. The number of alkyl halides is 2. The number of halogens is 2. The van der Waals surface area contributed by atoms with Crippen LogP contribution in [0.4, 0.5) is 5.69 Å². The minimum Gasteiger partial charge on any atom is -0.307 e. The van der Waals surface area contributed by atoms with Gasteiger partial charge in [0.2, 0.25) is 5.91 Å². The Hall–Kier alpha value is -0.390. The Bertz CT molecular complexity index is 564. The molecular weight excluding hydrogens is 432 g/mol. The number of likely N-dealkylation sites (N-methyl/N-ethyl adjacent to an activating group) is 1. The quantitative estimate of drug-likeness (QED) is 0.589. The van der Waals surface area contributed by atoms with E-state index in [1.54, 1.807) is 0 Å². The number of carbonyl (C=O) groups is 1. The Morgan fingerprint density at radius 2 is 1.62 bits per heavy atom. The summed E-state index contributed by atoms with van der Waals surface area (Å²) in [6.07, 6.45) is 3.08. The first kappa shape index (κ1) is 18.4.